The molecule has 1 fully saturated rings. The van der Waals surface area contributed by atoms with Gasteiger partial charge in [-0.25, -0.2) is 0 Å². The lowest BCUT2D eigenvalue weighted by molar-refractivity contribution is 0.0932. The quantitative estimate of drug-likeness (QED) is 0.675. The summed E-state index contributed by atoms with van der Waals surface area (Å²) < 4.78 is 0. The average molecular weight is 211 g/mol. The van der Waals surface area contributed by atoms with E-state index in [2.05, 4.69) is 32.6 Å². The second kappa shape index (κ2) is 6.52. The maximum Gasteiger partial charge on any atom is 0.0101 e. The van der Waals surface area contributed by atoms with Crippen molar-refractivity contribution in [3.8, 4) is 0 Å². The summed E-state index contributed by atoms with van der Waals surface area (Å²) in [5.41, 5.74) is 0. The van der Waals surface area contributed by atoms with Crippen molar-refractivity contribution in [2.24, 2.45) is 0 Å². The fourth-order valence-electron chi connectivity index (χ4n) is 3.17. The molecule has 0 amide bonds. The molecule has 0 bridgehead atoms. The maximum atomic E-state index is 2.73. The molecular formula is C14H29N. The smallest absolute Gasteiger partial charge is 0.0101 e. The van der Waals surface area contributed by atoms with Crippen molar-refractivity contribution in [1.29, 1.82) is 0 Å². The summed E-state index contributed by atoms with van der Waals surface area (Å²) in [6, 6.07) is 2.26. The molecule has 1 aliphatic rings. The highest BCUT2D eigenvalue weighted by molar-refractivity contribution is 4.79. The van der Waals surface area contributed by atoms with Gasteiger partial charge >= 0.3 is 0 Å². The number of hydrogen-bond acceptors (Lipinski definition) is 1. The fraction of sp³-hybridized carbons (Fsp3) is 1.00. The molecule has 0 radical (unpaired) electrons. The van der Waals surface area contributed by atoms with Crippen LogP contribution in [0.1, 0.15) is 72.6 Å². The third-order valence-electron chi connectivity index (χ3n) is 3.69. The molecule has 15 heavy (non-hydrogen) atoms. The van der Waals surface area contributed by atoms with Crippen molar-refractivity contribution in [2.75, 3.05) is 0 Å². The van der Waals surface area contributed by atoms with Crippen LogP contribution in [-0.2, 0) is 0 Å². The molecular weight excluding hydrogens is 182 g/mol. The van der Waals surface area contributed by atoms with Crippen LogP contribution in [0, 0.1) is 0 Å². The highest BCUT2D eigenvalue weighted by Gasteiger charge is 2.23. The molecule has 90 valence electrons. The first kappa shape index (κ1) is 13.0. The first-order chi connectivity index (χ1) is 7.13. The lowest BCUT2D eigenvalue weighted by Gasteiger charge is -2.39. The number of nitrogens with zero attached hydrogens (tertiary/aromatic N) is 1. The Morgan fingerprint density at radius 3 is 1.53 bits per heavy atom. The lowest BCUT2D eigenvalue weighted by atomic mass is 9.94. The van der Waals surface area contributed by atoms with E-state index in [-0.39, 0.29) is 0 Å². The lowest BCUT2D eigenvalue weighted by Crippen LogP contribution is -2.45. The van der Waals surface area contributed by atoms with Crippen molar-refractivity contribution in [3.63, 3.8) is 0 Å². The third kappa shape index (κ3) is 4.14. The Hall–Kier alpha value is -0.0400. The largest absolute Gasteiger partial charge is 0.296 e. The molecule has 0 heterocycles. The van der Waals surface area contributed by atoms with Gasteiger partial charge in [0.2, 0.25) is 0 Å². The molecule has 1 nitrogen and oxygen atoms in total. The SMILES string of the molecule is CC(C)N(C(C)C)C1CCCCCCC1. The second-order valence-corrected chi connectivity index (χ2v) is 5.63. The van der Waals surface area contributed by atoms with Crippen LogP contribution >= 0.6 is 0 Å². The Kier molecular flexibility index (Phi) is 5.66. The van der Waals surface area contributed by atoms with E-state index in [0.717, 1.165) is 6.04 Å². The molecule has 0 aromatic rings. The van der Waals surface area contributed by atoms with Crippen LogP contribution < -0.4 is 0 Å². The highest BCUT2D eigenvalue weighted by atomic mass is 15.2. The predicted molar refractivity (Wildman–Crippen MR) is 68.2 cm³/mol. The monoisotopic (exact) mass is 211 g/mol. The minimum Gasteiger partial charge on any atom is -0.296 e. The molecule has 0 aromatic carbocycles. The third-order valence-corrected chi connectivity index (χ3v) is 3.69. The van der Waals surface area contributed by atoms with Gasteiger partial charge in [-0.1, -0.05) is 32.1 Å². The van der Waals surface area contributed by atoms with E-state index in [1.165, 1.54) is 44.9 Å². The number of rotatable bonds is 3. The molecule has 0 N–H and O–H groups in total. The van der Waals surface area contributed by atoms with Gasteiger partial charge < -0.3 is 0 Å². The predicted octanol–water partition coefficient (Wildman–Crippen LogP) is 4.22. The Labute approximate surface area is 96.2 Å². The van der Waals surface area contributed by atoms with Crippen LogP contribution in [0.25, 0.3) is 0 Å². The van der Waals surface area contributed by atoms with Crippen LogP contribution in [-0.4, -0.2) is 23.0 Å². The highest BCUT2D eigenvalue weighted by Crippen LogP contribution is 2.24. The molecule has 0 unspecified atom stereocenters. The van der Waals surface area contributed by atoms with Gasteiger partial charge in [0.15, 0.2) is 0 Å². The van der Waals surface area contributed by atoms with Gasteiger partial charge in [0.05, 0.1) is 0 Å². The summed E-state index contributed by atoms with van der Waals surface area (Å²) in [4.78, 5) is 2.73. The molecule has 0 spiro atoms. The first-order valence-electron chi connectivity index (χ1n) is 6.90. The van der Waals surface area contributed by atoms with Crippen LogP contribution in [0.4, 0.5) is 0 Å². The normalized spacial score (nSPS) is 21.0. The van der Waals surface area contributed by atoms with Crippen LogP contribution in [0.5, 0.6) is 0 Å². The van der Waals surface area contributed by atoms with E-state index < -0.39 is 0 Å². The Morgan fingerprint density at radius 1 is 0.733 bits per heavy atom. The van der Waals surface area contributed by atoms with Gasteiger partial charge in [0, 0.05) is 18.1 Å². The summed E-state index contributed by atoms with van der Waals surface area (Å²) in [7, 11) is 0. The Morgan fingerprint density at radius 2 is 1.13 bits per heavy atom. The minimum absolute atomic E-state index is 0.703. The van der Waals surface area contributed by atoms with Gasteiger partial charge in [-0.2, -0.15) is 0 Å². The van der Waals surface area contributed by atoms with E-state index in [1.54, 1.807) is 0 Å². The van der Waals surface area contributed by atoms with Gasteiger partial charge in [0.1, 0.15) is 0 Å². The molecule has 0 saturated heterocycles. The van der Waals surface area contributed by atoms with E-state index in [9.17, 15) is 0 Å². The maximum absolute atomic E-state index is 2.73. The van der Waals surface area contributed by atoms with Crippen molar-refractivity contribution < 1.29 is 0 Å². The van der Waals surface area contributed by atoms with E-state index in [1.807, 2.05) is 0 Å². The van der Waals surface area contributed by atoms with Gasteiger partial charge in [0.25, 0.3) is 0 Å². The zero-order valence-electron chi connectivity index (χ0n) is 11.1. The summed E-state index contributed by atoms with van der Waals surface area (Å²) >= 11 is 0. The van der Waals surface area contributed by atoms with E-state index in [4.69, 9.17) is 0 Å². The van der Waals surface area contributed by atoms with Crippen LogP contribution in [0.15, 0.2) is 0 Å². The molecule has 0 aliphatic heterocycles. The zero-order chi connectivity index (χ0) is 11.3. The summed E-state index contributed by atoms with van der Waals surface area (Å²) in [5, 5.41) is 0. The average Bonchev–Trinajstić information content (AvgIpc) is 2.07. The van der Waals surface area contributed by atoms with E-state index in [0.29, 0.717) is 12.1 Å². The topological polar surface area (TPSA) is 3.24 Å². The standard InChI is InChI=1S/C14H29N/c1-12(2)15(13(3)4)14-10-8-6-5-7-9-11-14/h12-14H,5-11H2,1-4H3. The van der Waals surface area contributed by atoms with Crippen molar-refractivity contribution >= 4 is 0 Å². The molecule has 1 heteroatoms. The van der Waals surface area contributed by atoms with Crippen molar-refractivity contribution in [3.05, 3.63) is 0 Å². The summed E-state index contributed by atoms with van der Waals surface area (Å²) in [6.07, 6.45) is 10.1. The number of hydrogen-bond donors (Lipinski definition) is 0. The molecule has 1 rings (SSSR count). The van der Waals surface area contributed by atoms with Gasteiger partial charge in [-0.05, 0) is 40.5 Å². The molecule has 0 aromatic heterocycles. The zero-order valence-corrected chi connectivity index (χ0v) is 11.1. The Balaban J connectivity index is 2.55. The van der Waals surface area contributed by atoms with E-state index >= 15 is 0 Å². The second-order valence-electron chi connectivity index (χ2n) is 5.63. The minimum atomic E-state index is 0.703. The van der Waals surface area contributed by atoms with Crippen LogP contribution in [0.2, 0.25) is 0 Å². The van der Waals surface area contributed by atoms with Gasteiger partial charge in [-0.15, -0.1) is 0 Å². The molecule has 1 aliphatic carbocycles. The molecule has 1 saturated carbocycles. The van der Waals surface area contributed by atoms with Crippen LogP contribution in [0.3, 0.4) is 0 Å². The molecule has 0 atom stereocenters. The van der Waals surface area contributed by atoms with Crippen molar-refractivity contribution in [2.45, 2.75) is 90.8 Å². The first-order valence-corrected chi connectivity index (χ1v) is 6.90. The van der Waals surface area contributed by atoms with Gasteiger partial charge in [-0.3, -0.25) is 4.90 Å². The van der Waals surface area contributed by atoms with Crippen molar-refractivity contribution in [1.82, 2.24) is 4.90 Å². The fourth-order valence-corrected chi connectivity index (χ4v) is 3.17. The summed E-state index contributed by atoms with van der Waals surface area (Å²) in [5.74, 6) is 0. The summed E-state index contributed by atoms with van der Waals surface area (Å²) in [6.45, 7) is 9.38. The Bertz CT molecular complexity index is 147.